The largest absolute Gasteiger partial charge is 0.364 e. The van der Waals surface area contributed by atoms with Gasteiger partial charge in [0, 0.05) is 11.6 Å². The standard InChI is InChI=1S/C14H15Cl2N5O2/c1-2-3-6-17-13-12(21(22)23)14(19-8-18-13)20-11-7-9(15)4-5-10(11)16/h4-5,7-8H,2-3,6H2,1H3,(H2,17,18,19,20). The number of nitrogens with one attached hydrogen (secondary N) is 2. The third-order valence-corrected chi connectivity index (χ3v) is 3.57. The fourth-order valence-corrected chi connectivity index (χ4v) is 2.21. The molecule has 23 heavy (non-hydrogen) atoms. The lowest BCUT2D eigenvalue weighted by Gasteiger charge is -2.11. The number of anilines is 3. The molecule has 7 nitrogen and oxygen atoms in total. The van der Waals surface area contributed by atoms with Crippen LogP contribution < -0.4 is 10.6 Å². The van der Waals surface area contributed by atoms with Gasteiger partial charge in [0.2, 0.25) is 11.6 Å². The molecule has 0 saturated carbocycles. The lowest BCUT2D eigenvalue weighted by Crippen LogP contribution is -2.09. The van der Waals surface area contributed by atoms with Gasteiger partial charge in [-0.15, -0.1) is 0 Å². The second kappa shape index (κ2) is 7.94. The predicted octanol–water partition coefficient (Wildman–Crippen LogP) is 4.65. The Kier molecular flexibility index (Phi) is 5.95. The lowest BCUT2D eigenvalue weighted by atomic mass is 10.3. The number of unbranched alkanes of at least 4 members (excludes halogenated alkanes) is 1. The molecule has 0 aliphatic rings. The van der Waals surface area contributed by atoms with Crippen LogP contribution in [0.5, 0.6) is 0 Å². The molecule has 2 N–H and O–H groups in total. The molecule has 0 aliphatic heterocycles. The molecular weight excluding hydrogens is 341 g/mol. The monoisotopic (exact) mass is 355 g/mol. The highest BCUT2D eigenvalue weighted by molar-refractivity contribution is 6.35. The van der Waals surface area contributed by atoms with Crippen molar-refractivity contribution in [1.82, 2.24) is 9.97 Å². The molecule has 122 valence electrons. The summed E-state index contributed by atoms with van der Waals surface area (Å²) in [5.41, 5.74) is 0.195. The van der Waals surface area contributed by atoms with E-state index in [1.807, 2.05) is 6.92 Å². The summed E-state index contributed by atoms with van der Waals surface area (Å²) in [5.74, 6) is 0.215. The Labute approximate surface area is 143 Å². The molecular formula is C14H15Cl2N5O2. The topological polar surface area (TPSA) is 93.0 Å². The number of nitrogens with zero attached hydrogens (tertiary/aromatic N) is 3. The summed E-state index contributed by atoms with van der Waals surface area (Å²) in [5, 5.41) is 18.0. The first-order chi connectivity index (χ1) is 11.0. The Morgan fingerprint density at radius 3 is 2.70 bits per heavy atom. The Hall–Kier alpha value is -2.12. The molecule has 0 aliphatic carbocycles. The van der Waals surface area contributed by atoms with Gasteiger partial charge in [0.1, 0.15) is 6.33 Å². The average molecular weight is 356 g/mol. The van der Waals surface area contributed by atoms with E-state index in [0.717, 1.165) is 12.8 Å². The van der Waals surface area contributed by atoms with Gasteiger partial charge in [0.25, 0.3) is 0 Å². The summed E-state index contributed by atoms with van der Waals surface area (Å²) in [6.07, 6.45) is 3.10. The van der Waals surface area contributed by atoms with Crippen LogP contribution in [0, 0.1) is 10.1 Å². The summed E-state index contributed by atoms with van der Waals surface area (Å²) in [6.45, 7) is 2.62. The van der Waals surface area contributed by atoms with Gasteiger partial charge in [0.15, 0.2) is 0 Å². The van der Waals surface area contributed by atoms with Gasteiger partial charge in [0.05, 0.1) is 15.6 Å². The van der Waals surface area contributed by atoms with E-state index in [0.29, 0.717) is 22.3 Å². The summed E-state index contributed by atoms with van der Waals surface area (Å²) in [6, 6.07) is 4.79. The third-order valence-electron chi connectivity index (χ3n) is 3.01. The molecule has 0 radical (unpaired) electrons. The van der Waals surface area contributed by atoms with Crippen LogP contribution in [-0.4, -0.2) is 21.4 Å². The highest BCUT2D eigenvalue weighted by Crippen LogP contribution is 2.34. The second-order valence-corrected chi connectivity index (χ2v) is 5.55. The predicted molar refractivity (Wildman–Crippen MR) is 91.8 cm³/mol. The Morgan fingerprint density at radius 2 is 2.00 bits per heavy atom. The van der Waals surface area contributed by atoms with Crippen molar-refractivity contribution in [1.29, 1.82) is 0 Å². The molecule has 0 atom stereocenters. The van der Waals surface area contributed by atoms with Crippen molar-refractivity contribution >= 4 is 46.2 Å². The maximum absolute atomic E-state index is 11.4. The first-order valence-electron chi connectivity index (χ1n) is 6.98. The minimum Gasteiger partial charge on any atom is -0.364 e. The van der Waals surface area contributed by atoms with Gasteiger partial charge in [-0.1, -0.05) is 36.5 Å². The van der Waals surface area contributed by atoms with Crippen LogP contribution in [0.2, 0.25) is 10.0 Å². The maximum atomic E-state index is 11.4. The van der Waals surface area contributed by atoms with E-state index in [9.17, 15) is 10.1 Å². The van der Waals surface area contributed by atoms with Crippen LogP contribution in [0.3, 0.4) is 0 Å². The lowest BCUT2D eigenvalue weighted by molar-refractivity contribution is -0.383. The summed E-state index contributed by atoms with van der Waals surface area (Å²) in [7, 11) is 0. The number of rotatable bonds is 7. The maximum Gasteiger partial charge on any atom is 0.353 e. The Bertz CT molecular complexity index is 712. The first kappa shape index (κ1) is 17.2. The summed E-state index contributed by atoms with van der Waals surface area (Å²) in [4.78, 5) is 18.8. The molecule has 1 aromatic carbocycles. The van der Waals surface area contributed by atoms with E-state index in [1.54, 1.807) is 18.2 Å². The highest BCUT2D eigenvalue weighted by Gasteiger charge is 2.23. The van der Waals surface area contributed by atoms with Crippen LogP contribution in [0.15, 0.2) is 24.5 Å². The van der Waals surface area contributed by atoms with Crippen molar-refractivity contribution in [3.05, 3.63) is 44.7 Å². The van der Waals surface area contributed by atoms with Crippen molar-refractivity contribution in [3.63, 3.8) is 0 Å². The van der Waals surface area contributed by atoms with Gasteiger partial charge in [-0.2, -0.15) is 0 Å². The number of benzene rings is 1. The quantitative estimate of drug-likeness (QED) is 0.426. The summed E-state index contributed by atoms with van der Waals surface area (Å²) < 4.78 is 0. The van der Waals surface area contributed by atoms with Crippen molar-refractivity contribution < 1.29 is 4.92 Å². The van der Waals surface area contributed by atoms with Crippen molar-refractivity contribution in [2.24, 2.45) is 0 Å². The van der Waals surface area contributed by atoms with E-state index in [1.165, 1.54) is 6.33 Å². The fourth-order valence-electron chi connectivity index (χ4n) is 1.88. The van der Waals surface area contributed by atoms with Gasteiger partial charge in [-0.25, -0.2) is 9.97 Å². The molecule has 0 bridgehead atoms. The van der Waals surface area contributed by atoms with Crippen molar-refractivity contribution in [2.75, 3.05) is 17.2 Å². The number of aromatic nitrogens is 2. The third kappa shape index (κ3) is 4.43. The number of nitro groups is 1. The zero-order valence-electron chi connectivity index (χ0n) is 12.3. The minimum atomic E-state index is -0.533. The smallest absolute Gasteiger partial charge is 0.353 e. The highest BCUT2D eigenvalue weighted by atomic mass is 35.5. The zero-order chi connectivity index (χ0) is 16.8. The van der Waals surface area contributed by atoms with Crippen molar-refractivity contribution in [2.45, 2.75) is 19.8 Å². The molecule has 2 aromatic rings. The molecule has 1 aromatic heterocycles. The molecule has 0 amide bonds. The summed E-state index contributed by atoms with van der Waals surface area (Å²) >= 11 is 12.0. The number of halogens is 2. The molecule has 9 heteroatoms. The van der Waals surface area contributed by atoms with Gasteiger partial charge in [-0.05, 0) is 24.6 Å². The van der Waals surface area contributed by atoms with E-state index >= 15 is 0 Å². The van der Waals surface area contributed by atoms with Gasteiger partial charge in [-0.3, -0.25) is 10.1 Å². The van der Waals surface area contributed by atoms with E-state index < -0.39 is 4.92 Å². The Balaban J connectivity index is 2.35. The molecule has 0 spiro atoms. The molecule has 0 fully saturated rings. The van der Waals surface area contributed by atoms with Crippen LogP contribution in [0.25, 0.3) is 0 Å². The van der Waals surface area contributed by atoms with Crippen LogP contribution >= 0.6 is 23.2 Å². The molecule has 0 saturated heterocycles. The van der Waals surface area contributed by atoms with Gasteiger partial charge < -0.3 is 10.6 Å². The molecule has 0 unspecified atom stereocenters. The normalized spacial score (nSPS) is 10.4. The molecule has 2 rings (SSSR count). The zero-order valence-corrected chi connectivity index (χ0v) is 13.9. The van der Waals surface area contributed by atoms with Crippen LogP contribution in [-0.2, 0) is 0 Å². The van der Waals surface area contributed by atoms with Gasteiger partial charge >= 0.3 is 5.69 Å². The van der Waals surface area contributed by atoms with Crippen molar-refractivity contribution in [3.8, 4) is 0 Å². The number of hydrogen-bond acceptors (Lipinski definition) is 6. The second-order valence-electron chi connectivity index (χ2n) is 4.71. The Morgan fingerprint density at radius 1 is 1.26 bits per heavy atom. The average Bonchev–Trinajstić information content (AvgIpc) is 2.51. The first-order valence-corrected chi connectivity index (χ1v) is 7.73. The van der Waals surface area contributed by atoms with E-state index in [4.69, 9.17) is 23.2 Å². The van der Waals surface area contributed by atoms with E-state index in [-0.39, 0.29) is 17.3 Å². The van der Waals surface area contributed by atoms with Crippen LogP contribution in [0.4, 0.5) is 23.0 Å². The minimum absolute atomic E-state index is 0.0492. The van der Waals surface area contributed by atoms with E-state index in [2.05, 4.69) is 20.6 Å². The SMILES string of the molecule is CCCCNc1ncnc(Nc2cc(Cl)ccc2Cl)c1[N+](=O)[O-]. The van der Waals surface area contributed by atoms with Crippen LogP contribution in [0.1, 0.15) is 19.8 Å². The number of hydrogen-bond donors (Lipinski definition) is 2. The molecule has 1 heterocycles. The fraction of sp³-hybridized carbons (Fsp3) is 0.286.